The fourth-order valence-electron chi connectivity index (χ4n) is 0.386. The molecular weight excluding hydrogens is 120 g/mol. The van der Waals surface area contributed by atoms with Crippen molar-refractivity contribution in [1.82, 2.24) is 0 Å². The summed E-state index contributed by atoms with van der Waals surface area (Å²) in [7, 11) is 0. The van der Waals surface area contributed by atoms with E-state index in [9.17, 15) is 0 Å². The summed E-state index contributed by atoms with van der Waals surface area (Å²) >= 11 is 4.04. The van der Waals surface area contributed by atoms with Crippen LogP contribution in [0.3, 0.4) is 0 Å². The van der Waals surface area contributed by atoms with E-state index in [0.29, 0.717) is 0 Å². The standard InChI is InChI=1S/C6H6OS/c1-5-2-3-7-4-6(5)8/h2-4,8H,1H2. The van der Waals surface area contributed by atoms with E-state index in [1.807, 2.05) is 0 Å². The molecule has 8 heavy (non-hydrogen) atoms. The maximum Gasteiger partial charge on any atom is 0.104 e. The highest BCUT2D eigenvalue weighted by Crippen LogP contribution is 2.16. The van der Waals surface area contributed by atoms with E-state index >= 15 is 0 Å². The monoisotopic (exact) mass is 126 g/mol. The van der Waals surface area contributed by atoms with Gasteiger partial charge in [0.2, 0.25) is 0 Å². The largest absolute Gasteiger partial charge is 0.471 e. The molecule has 1 rings (SSSR count). The van der Waals surface area contributed by atoms with Gasteiger partial charge in [0, 0.05) is 4.91 Å². The maximum atomic E-state index is 4.77. The number of ether oxygens (including phenoxy) is 1. The zero-order valence-corrected chi connectivity index (χ0v) is 5.19. The second-order valence-electron chi connectivity index (χ2n) is 1.47. The molecule has 0 aromatic rings. The molecule has 0 amide bonds. The van der Waals surface area contributed by atoms with E-state index in [-0.39, 0.29) is 0 Å². The van der Waals surface area contributed by atoms with Crippen molar-refractivity contribution in [3.63, 3.8) is 0 Å². The van der Waals surface area contributed by atoms with Crippen molar-refractivity contribution in [3.05, 3.63) is 35.7 Å². The summed E-state index contributed by atoms with van der Waals surface area (Å²) in [4.78, 5) is 0.785. The lowest BCUT2D eigenvalue weighted by atomic mass is 10.3. The molecular formula is C6H6OS. The van der Waals surface area contributed by atoms with Gasteiger partial charge in [-0.05, 0) is 11.6 Å². The van der Waals surface area contributed by atoms with Crippen molar-refractivity contribution >= 4 is 12.6 Å². The minimum atomic E-state index is 0.785. The Hall–Kier alpha value is -0.630. The number of rotatable bonds is 0. The van der Waals surface area contributed by atoms with E-state index in [1.165, 1.54) is 0 Å². The Bertz CT molecular complexity index is 167. The van der Waals surface area contributed by atoms with Crippen molar-refractivity contribution in [3.8, 4) is 0 Å². The number of hydrogen-bond donors (Lipinski definition) is 1. The van der Waals surface area contributed by atoms with Gasteiger partial charge >= 0.3 is 0 Å². The average Bonchev–Trinajstić information content (AvgIpc) is 1.77. The quantitative estimate of drug-likeness (QED) is 0.487. The Morgan fingerprint density at radius 2 is 2.38 bits per heavy atom. The van der Waals surface area contributed by atoms with Crippen molar-refractivity contribution in [2.45, 2.75) is 0 Å². The van der Waals surface area contributed by atoms with Crippen molar-refractivity contribution in [2.75, 3.05) is 0 Å². The van der Waals surface area contributed by atoms with Crippen LogP contribution in [0.1, 0.15) is 0 Å². The molecule has 1 aliphatic rings. The van der Waals surface area contributed by atoms with Crippen LogP contribution in [0.5, 0.6) is 0 Å². The lowest BCUT2D eigenvalue weighted by molar-refractivity contribution is 0.397. The van der Waals surface area contributed by atoms with Gasteiger partial charge in [0.25, 0.3) is 0 Å². The lowest BCUT2D eigenvalue weighted by Crippen LogP contribution is -1.82. The van der Waals surface area contributed by atoms with E-state index in [1.54, 1.807) is 18.6 Å². The third-order valence-electron chi connectivity index (χ3n) is 0.856. The van der Waals surface area contributed by atoms with Gasteiger partial charge < -0.3 is 4.74 Å². The molecule has 1 aliphatic heterocycles. The van der Waals surface area contributed by atoms with Gasteiger partial charge in [-0.3, -0.25) is 0 Å². The highest BCUT2D eigenvalue weighted by atomic mass is 32.1. The van der Waals surface area contributed by atoms with E-state index in [0.717, 1.165) is 10.5 Å². The van der Waals surface area contributed by atoms with Gasteiger partial charge in [-0.15, -0.1) is 12.6 Å². The van der Waals surface area contributed by atoms with Gasteiger partial charge in [-0.2, -0.15) is 0 Å². The molecule has 0 radical (unpaired) electrons. The first-order valence-electron chi connectivity index (χ1n) is 2.21. The Kier molecular flexibility index (Phi) is 1.44. The van der Waals surface area contributed by atoms with Gasteiger partial charge in [0.15, 0.2) is 0 Å². The van der Waals surface area contributed by atoms with E-state index < -0.39 is 0 Å². The lowest BCUT2D eigenvalue weighted by Gasteiger charge is -2.02. The molecule has 1 heterocycles. The van der Waals surface area contributed by atoms with Gasteiger partial charge in [0.05, 0.1) is 6.26 Å². The summed E-state index contributed by atoms with van der Waals surface area (Å²) < 4.78 is 4.77. The summed E-state index contributed by atoms with van der Waals surface area (Å²) in [6, 6.07) is 0. The third kappa shape index (κ3) is 0.954. The predicted octanol–water partition coefficient (Wildman–Crippen LogP) is 1.86. The van der Waals surface area contributed by atoms with Gasteiger partial charge in [-0.1, -0.05) is 6.58 Å². The second-order valence-corrected chi connectivity index (χ2v) is 1.95. The molecule has 0 atom stereocenters. The first-order chi connectivity index (χ1) is 3.80. The molecule has 0 saturated heterocycles. The van der Waals surface area contributed by atoms with Crippen LogP contribution in [0.25, 0.3) is 0 Å². The zero-order valence-electron chi connectivity index (χ0n) is 4.29. The molecule has 0 aromatic carbocycles. The molecule has 0 unspecified atom stereocenters. The molecule has 0 aliphatic carbocycles. The Balaban J connectivity index is 2.78. The van der Waals surface area contributed by atoms with Gasteiger partial charge in [0.1, 0.15) is 6.26 Å². The molecule has 0 aromatic heterocycles. The predicted molar refractivity (Wildman–Crippen MR) is 36.4 cm³/mol. The third-order valence-corrected chi connectivity index (χ3v) is 1.25. The summed E-state index contributed by atoms with van der Waals surface area (Å²) in [6.45, 7) is 3.68. The molecule has 0 N–H and O–H groups in total. The molecule has 2 heteroatoms. The normalized spacial score (nSPS) is 17.6. The summed E-state index contributed by atoms with van der Waals surface area (Å²) in [6.07, 6.45) is 4.88. The van der Waals surface area contributed by atoms with E-state index in [2.05, 4.69) is 19.2 Å². The van der Waals surface area contributed by atoms with Crippen LogP contribution in [0.15, 0.2) is 35.7 Å². The Labute approximate surface area is 53.8 Å². The number of thiol groups is 1. The number of hydrogen-bond acceptors (Lipinski definition) is 2. The highest BCUT2D eigenvalue weighted by molar-refractivity contribution is 7.84. The molecule has 0 spiro atoms. The zero-order chi connectivity index (χ0) is 5.98. The number of allylic oxidation sites excluding steroid dienone is 2. The van der Waals surface area contributed by atoms with Crippen LogP contribution in [0, 0.1) is 0 Å². The first kappa shape index (κ1) is 5.51. The highest BCUT2D eigenvalue weighted by Gasteiger charge is 1.96. The minimum Gasteiger partial charge on any atom is -0.471 e. The second kappa shape index (κ2) is 2.09. The van der Waals surface area contributed by atoms with Crippen molar-refractivity contribution in [1.29, 1.82) is 0 Å². The molecule has 42 valence electrons. The molecule has 0 fully saturated rings. The fraction of sp³-hybridized carbons (Fsp3) is 0. The fourth-order valence-corrected chi connectivity index (χ4v) is 0.522. The van der Waals surface area contributed by atoms with Crippen molar-refractivity contribution in [2.24, 2.45) is 0 Å². The molecule has 0 saturated carbocycles. The van der Waals surface area contributed by atoms with Crippen molar-refractivity contribution < 1.29 is 4.74 Å². The van der Waals surface area contributed by atoms with Crippen LogP contribution in [-0.4, -0.2) is 0 Å². The Morgan fingerprint density at radius 1 is 1.62 bits per heavy atom. The van der Waals surface area contributed by atoms with Crippen LogP contribution in [0.2, 0.25) is 0 Å². The molecule has 0 bridgehead atoms. The van der Waals surface area contributed by atoms with Crippen LogP contribution in [-0.2, 0) is 4.74 Å². The van der Waals surface area contributed by atoms with Gasteiger partial charge in [-0.25, -0.2) is 0 Å². The van der Waals surface area contributed by atoms with Crippen LogP contribution < -0.4 is 0 Å². The van der Waals surface area contributed by atoms with E-state index in [4.69, 9.17) is 4.74 Å². The smallest absolute Gasteiger partial charge is 0.104 e. The summed E-state index contributed by atoms with van der Waals surface area (Å²) in [5.41, 5.74) is 0.889. The first-order valence-corrected chi connectivity index (χ1v) is 2.66. The summed E-state index contributed by atoms with van der Waals surface area (Å²) in [5, 5.41) is 0. The average molecular weight is 126 g/mol. The van der Waals surface area contributed by atoms with Crippen LogP contribution >= 0.6 is 12.6 Å². The topological polar surface area (TPSA) is 9.23 Å². The Morgan fingerprint density at radius 3 is 2.75 bits per heavy atom. The van der Waals surface area contributed by atoms with Crippen LogP contribution in [0.4, 0.5) is 0 Å². The minimum absolute atomic E-state index is 0.785. The maximum absolute atomic E-state index is 4.77. The molecule has 1 nitrogen and oxygen atoms in total. The summed E-state index contributed by atoms with van der Waals surface area (Å²) in [5.74, 6) is 0. The SMILES string of the molecule is C=C1C=COC=C1S.